The fraction of sp³-hybridized carbons (Fsp3) is 0.429. The first-order valence-electron chi connectivity index (χ1n) is 24.8. The number of nitrogen functional groups attached to an aromatic ring is 1. The van der Waals surface area contributed by atoms with Crippen molar-refractivity contribution in [3.8, 4) is 0 Å². The Morgan fingerprint density at radius 3 is 0.986 bits per heavy atom. The third-order valence-corrected chi connectivity index (χ3v) is 5.80. The summed E-state index contributed by atoms with van der Waals surface area (Å²) in [6.45, 7) is 43.6. The summed E-state index contributed by atoms with van der Waals surface area (Å²) in [7, 11) is 0. The van der Waals surface area contributed by atoms with Crippen LogP contribution in [0.3, 0.4) is 0 Å². The zero-order valence-corrected chi connectivity index (χ0v) is 52.1. The Balaban J connectivity index is -0.0000000851. The zero-order chi connectivity index (χ0) is 55.1. The zero-order valence-electron chi connectivity index (χ0n) is 47.6. The number of carbonyl (C=O) groups is 1. The number of hydrogen-bond donors (Lipinski definition) is 5. The quantitative estimate of drug-likeness (QED) is 0.0231. The largest absolute Gasteiger partial charge is 0.324 e. The Kier molecular flexibility index (Phi) is 98.8. The predicted octanol–water partition coefficient (Wildman–Crippen LogP) is 18.6. The number of hydrazine groups is 1. The van der Waals surface area contributed by atoms with Crippen LogP contribution in [-0.4, -0.2) is 47.3 Å². The Labute approximate surface area is 467 Å². The Morgan fingerprint density at radius 1 is 0.423 bits per heavy atom. The molecule has 0 saturated heterocycles. The molecule has 0 aliphatic heterocycles. The number of anilines is 6. The molecule has 0 bridgehead atoms. The number of nitrogens with one attached hydrogen (secondary N) is 4. The first-order valence-corrected chi connectivity index (χ1v) is 26.9. The van der Waals surface area contributed by atoms with Gasteiger partial charge in [-0.15, -0.1) is 24.0 Å². The lowest BCUT2D eigenvalue weighted by Gasteiger charge is -2.06. The van der Waals surface area contributed by atoms with Gasteiger partial charge < -0.3 is 10.6 Å². The summed E-state index contributed by atoms with van der Waals surface area (Å²) >= 11 is 2.15. The minimum absolute atomic E-state index is 0. The number of para-hydroxylation sites is 2. The fourth-order valence-electron chi connectivity index (χ4n) is 3.73. The van der Waals surface area contributed by atoms with Crippen molar-refractivity contribution in [2.24, 2.45) is 10.9 Å². The van der Waals surface area contributed by atoms with Gasteiger partial charge in [0.25, 0.3) is 0 Å². The van der Waals surface area contributed by atoms with Crippen molar-refractivity contribution >= 4 is 94.2 Å². The van der Waals surface area contributed by atoms with Crippen LogP contribution >= 0.6 is 46.6 Å². The molecule has 2 aromatic heterocycles. The molecule has 406 valence electrons. The second kappa shape index (κ2) is 79.0. The lowest BCUT2D eigenvalue weighted by Crippen LogP contribution is -2.13. The van der Waals surface area contributed by atoms with Crippen molar-refractivity contribution in [1.82, 2.24) is 29.9 Å². The van der Waals surface area contributed by atoms with Gasteiger partial charge in [0.1, 0.15) is 17.9 Å². The number of carbonyl (C=O) groups excluding carboxylic acids is 1. The van der Waals surface area contributed by atoms with Crippen LogP contribution in [0.4, 0.5) is 35.2 Å². The van der Waals surface area contributed by atoms with Crippen LogP contribution in [0.1, 0.15) is 173 Å². The first-order chi connectivity index (χ1) is 34.0. The third-order valence-electron chi connectivity index (χ3n) is 5.80. The van der Waals surface area contributed by atoms with Gasteiger partial charge >= 0.3 is 0 Å². The molecule has 6 aromatic rings. The summed E-state index contributed by atoms with van der Waals surface area (Å²) in [6.07, 6.45) is 2.55. The van der Waals surface area contributed by atoms with E-state index in [2.05, 4.69) is 79.1 Å². The third kappa shape index (κ3) is 54.0. The SMILES string of the molecule is C.CC.CC.CC.CC.CC.CC.CC.CC.CC.CC.CI.Cc1nc(N/N=C/c2ccccc2)nc(Nc2ccccc2)n1.Cc1nc(NN)nc(Nc2ccccc2)n1.I.O=Cc1ccccc1. The highest BCUT2D eigenvalue weighted by Crippen LogP contribution is 2.14. The molecule has 13 nitrogen and oxygen atoms in total. The van der Waals surface area contributed by atoms with Gasteiger partial charge in [-0.25, -0.2) is 11.3 Å². The maximum Gasteiger partial charge on any atom is 0.248 e. The standard InChI is InChI=1S/C17H16N6.C10H12N6.C7H6O.10C2H6.CH3I.CH4.HI/c1-13-19-16(21-15-10-6-3-7-11-15)22-17(20-13)23-18-12-14-8-4-2-5-9-14;1-7-12-9(15-10(13-7)16-11)14-8-5-3-2-4-6-8;8-6-7-4-2-1-3-5-7;11*1-2;;/h2-12H,1H3,(H2,19,20,21,22,23);2-6H,11H2,1H3,(H2,12,13,14,15,16);1-6H;10*1-2H3;1H3;1H4;1H/b18-12+;;;;;;;;;;;;;;;. The number of nitrogens with two attached hydrogens (primary N) is 1. The van der Waals surface area contributed by atoms with E-state index in [0.29, 0.717) is 35.4 Å². The fourth-order valence-corrected chi connectivity index (χ4v) is 3.73. The van der Waals surface area contributed by atoms with Crippen LogP contribution in [0, 0.1) is 13.8 Å². The van der Waals surface area contributed by atoms with E-state index in [1.165, 1.54) is 0 Å². The summed E-state index contributed by atoms with van der Waals surface area (Å²) < 4.78 is 0. The Morgan fingerprint density at radius 2 is 0.690 bits per heavy atom. The Bertz CT molecular complexity index is 1850. The summed E-state index contributed by atoms with van der Waals surface area (Å²) in [4.78, 5) is 37.0. The van der Waals surface area contributed by atoms with Gasteiger partial charge in [0.2, 0.25) is 23.8 Å². The van der Waals surface area contributed by atoms with Crippen molar-refractivity contribution < 1.29 is 4.79 Å². The van der Waals surface area contributed by atoms with E-state index in [9.17, 15) is 4.79 Å². The lowest BCUT2D eigenvalue weighted by atomic mass is 10.2. The molecule has 2 heterocycles. The molecular weight excluding hydrogens is 1110 g/mol. The second-order valence-corrected chi connectivity index (χ2v) is 9.50. The summed E-state index contributed by atoms with van der Waals surface area (Å²) in [6, 6.07) is 38.3. The van der Waals surface area contributed by atoms with E-state index in [0.717, 1.165) is 28.8 Å². The molecule has 0 saturated carbocycles. The molecular formula is C56H102I2N12O. The highest BCUT2D eigenvalue weighted by molar-refractivity contribution is 14.1. The van der Waals surface area contributed by atoms with E-state index in [1.54, 1.807) is 25.3 Å². The monoisotopic (exact) mass is 1210 g/mol. The molecule has 71 heavy (non-hydrogen) atoms. The number of hydrogen-bond acceptors (Lipinski definition) is 13. The maximum atomic E-state index is 10.0. The van der Waals surface area contributed by atoms with Gasteiger partial charge in [0.05, 0.1) is 6.21 Å². The number of hydrazone groups is 1. The van der Waals surface area contributed by atoms with Gasteiger partial charge in [0.15, 0.2) is 0 Å². The average molecular weight is 1210 g/mol. The summed E-state index contributed by atoms with van der Waals surface area (Å²) in [5.41, 5.74) is 8.77. The molecule has 6 rings (SSSR count). The number of alkyl halides is 1. The van der Waals surface area contributed by atoms with Gasteiger partial charge in [-0.05, 0) is 48.6 Å². The minimum atomic E-state index is 0. The molecule has 4 aromatic carbocycles. The molecule has 0 fully saturated rings. The van der Waals surface area contributed by atoms with Crippen LogP contribution in [0.2, 0.25) is 0 Å². The molecule has 0 amide bonds. The first kappa shape index (κ1) is 88.8. The van der Waals surface area contributed by atoms with Crippen LogP contribution < -0.4 is 27.3 Å². The van der Waals surface area contributed by atoms with Crippen LogP contribution in [0.5, 0.6) is 0 Å². The smallest absolute Gasteiger partial charge is 0.248 e. The highest BCUT2D eigenvalue weighted by atomic mass is 127. The van der Waals surface area contributed by atoms with Gasteiger partial charge in [-0.3, -0.25) is 10.2 Å². The highest BCUT2D eigenvalue weighted by Gasteiger charge is 2.04. The van der Waals surface area contributed by atoms with Crippen LogP contribution in [0.25, 0.3) is 0 Å². The van der Waals surface area contributed by atoms with Crippen molar-refractivity contribution in [1.29, 1.82) is 0 Å². The van der Waals surface area contributed by atoms with Crippen molar-refractivity contribution in [3.05, 3.63) is 144 Å². The maximum absolute atomic E-state index is 10.0. The number of aromatic nitrogens is 6. The molecule has 0 unspecified atom stereocenters. The van der Waals surface area contributed by atoms with E-state index in [-0.39, 0.29) is 31.4 Å². The van der Waals surface area contributed by atoms with Gasteiger partial charge in [0, 0.05) is 16.9 Å². The normalized spacial score (nSPS) is 7.56. The topological polar surface area (TPSA) is 181 Å². The van der Waals surface area contributed by atoms with E-state index >= 15 is 0 Å². The molecule has 0 aliphatic rings. The average Bonchev–Trinajstić information content (AvgIpc) is 3.46. The van der Waals surface area contributed by atoms with Gasteiger partial charge in [-0.2, -0.15) is 35.0 Å². The van der Waals surface area contributed by atoms with Gasteiger partial charge in [-0.1, -0.05) is 266 Å². The molecule has 0 spiro atoms. The summed E-state index contributed by atoms with van der Waals surface area (Å²) in [5, 5.41) is 10.3. The van der Waals surface area contributed by atoms with Crippen LogP contribution in [-0.2, 0) is 0 Å². The van der Waals surface area contributed by atoms with E-state index in [1.807, 2.05) is 260 Å². The number of nitrogens with zero attached hydrogens (tertiary/aromatic N) is 7. The number of rotatable bonds is 9. The lowest BCUT2D eigenvalue weighted by molar-refractivity contribution is 0.112. The summed E-state index contributed by atoms with van der Waals surface area (Å²) in [5.74, 6) is 8.12. The number of aryl methyl sites for hydroxylation is 2. The van der Waals surface area contributed by atoms with Crippen LogP contribution in [0.15, 0.2) is 126 Å². The molecule has 6 N–H and O–H groups in total. The number of halogens is 2. The van der Waals surface area contributed by atoms with Crippen molar-refractivity contribution in [2.45, 2.75) is 160 Å². The van der Waals surface area contributed by atoms with E-state index in [4.69, 9.17) is 5.84 Å². The van der Waals surface area contributed by atoms with Crippen molar-refractivity contribution in [2.75, 3.05) is 26.4 Å². The minimum Gasteiger partial charge on any atom is -0.324 e. The molecule has 0 radical (unpaired) electrons. The van der Waals surface area contributed by atoms with Crippen molar-refractivity contribution in [3.63, 3.8) is 0 Å². The second-order valence-electron chi connectivity index (χ2n) is 9.50. The number of aldehydes is 1. The predicted molar refractivity (Wildman–Crippen MR) is 341 cm³/mol. The van der Waals surface area contributed by atoms with E-state index < -0.39 is 0 Å². The number of benzene rings is 4. The molecule has 15 heteroatoms. The molecule has 0 aliphatic carbocycles. The molecule has 0 atom stereocenters. The Hall–Kier alpha value is -5.14.